The number of piperazine rings is 1. The molecule has 1 aliphatic heterocycles. The van der Waals surface area contributed by atoms with Crippen molar-refractivity contribution in [1.82, 2.24) is 14.7 Å². The van der Waals surface area contributed by atoms with E-state index >= 15 is 0 Å². The Hall–Kier alpha value is -4.14. The third kappa shape index (κ3) is 4.42. The molecule has 1 saturated carbocycles. The number of phenolic OH excluding ortho intramolecular Hbond substituents is 1. The van der Waals surface area contributed by atoms with Crippen molar-refractivity contribution in [2.45, 2.75) is 24.5 Å². The SMILES string of the molecule is COC(=O)N1CCN(C[C@@]23Cc4c(N(C)C)ccc(O)c4C(O)=C2C(=O)[C@]2(O)C(O)=C(C(N)=O)C(=O)[C@@H](N(C)C)[C@@H]2C3)CC1. The summed E-state index contributed by atoms with van der Waals surface area (Å²) in [7, 11) is 8.05. The Morgan fingerprint density at radius 2 is 1.70 bits per heavy atom. The van der Waals surface area contributed by atoms with Gasteiger partial charge in [-0.2, -0.15) is 0 Å². The number of likely N-dealkylation sites (N-methyl/N-ethyl adjacent to an activating group) is 1. The highest BCUT2D eigenvalue weighted by Gasteiger charge is 2.68. The maximum atomic E-state index is 14.6. The van der Waals surface area contributed by atoms with E-state index in [2.05, 4.69) is 0 Å². The first-order valence-corrected chi connectivity index (χ1v) is 14.3. The van der Waals surface area contributed by atoms with Gasteiger partial charge in [-0.15, -0.1) is 0 Å². The molecule has 0 bridgehead atoms. The van der Waals surface area contributed by atoms with Crippen molar-refractivity contribution in [3.05, 3.63) is 40.2 Å². The molecule has 238 valence electrons. The zero-order chi connectivity index (χ0) is 32.5. The molecule has 0 aromatic heterocycles. The van der Waals surface area contributed by atoms with Crippen LogP contribution in [0.1, 0.15) is 17.5 Å². The van der Waals surface area contributed by atoms with E-state index in [1.54, 1.807) is 25.1 Å². The van der Waals surface area contributed by atoms with Gasteiger partial charge in [-0.1, -0.05) is 0 Å². The minimum absolute atomic E-state index is 0.0300. The number of ketones is 2. The topological polar surface area (TPSA) is 197 Å². The third-order valence-corrected chi connectivity index (χ3v) is 9.62. The van der Waals surface area contributed by atoms with Crippen LogP contribution in [0, 0.1) is 11.3 Å². The van der Waals surface area contributed by atoms with Gasteiger partial charge in [-0.05, 0) is 44.6 Å². The number of amides is 2. The maximum absolute atomic E-state index is 14.6. The molecule has 0 spiro atoms. The lowest BCUT2D eigenvalue weighted by Crippen LogP contribution is -2.68. The number of hydrogen-bond acceptors (Lipinski definition) is 12. The summed E-state index contributed by atoms with van der Waals surface area (Å²) in [5.74, 6) is -6.38. The van der Waals surface area contributed by atoms with Gasteiger partial charge in [0.1, 0.15) is 22.8 Å². The standard InChI is InChI=1S/C30H39N5O9/c1-32(2)17-6-7-18(36)19-15(17)12-29(14-34-8-10-35(11-9-34)28(42)44-5)13-16-22(33(3)4)24(38)20(27(31)41)25(39)30(16,43)26(40)21(29)23(19)37/h6-7,16,22,36-37,39,43H,8-14H2,1-5H3,(H2,31,41)/t16-,22-,29-,30+/m0/s1. The first-order valence-electron chi connectivity index (χ1n) is 14.3. The number of carbonyl (C=O) groups is 4. The maximum Gasteiger partial charge on any atom is 0.409 e. The normalized spacial score (nSPS) is 28.9. The zero-order valence-electron chi connectivity index (χ0n) is 25.5. The van der Waals surface area contributed by atoms with Gasteiger partial charge in [-0.25, -0.2) is 4.79 Å². The second-order valence-electron chi connectivity index (χ2n) is 12.5. The van der Waals surface area contributed by atoms with Crippen LogP contribution in [0.2, 0.25) is 0 Å². The molecule has 14 heteroatoms. The van der Waals surface area contributed by atoms with Crippen molar-refractivity contribution in [2.24, 2.45) is 17.1 Å². The van der Waals surface area contributed by atoms with Gasteiger partial charge in [0.25, 0.3) is 5.91 Å². The number of aliphatic hydroxyl groups is 3. The summed E-state index contributed by atoms with van der Waals surface area (Å²) in [5, 5.41) is 46.1. The Bertz CT molecular complexity index is 1510. The number of primary amides is 1. The minimum atomic E-state index is -2.75. The van der Waals surface area contributed by atoms with Crippen molar-refractivity contribution < 1.29 is 44.3 Å². The Morgan fingerprint density at radius 1 is 1.07 bits per heavy atom. The number of aliphatic hydroxyl groups excluding tert-OH is 2. The van der Waals surface area contributed by atoms with E-state index in [1.165, 1.54) is 18.1 Å². The van der Waals surface area contributed by atoms with Crippen LogP contribution < -0.4 is 10.6 Å². The lowest BCUT2D eigenvalue weighted by atomic mass is 9.51. The van der Waals surface area contributed by atoms with E-state index in [-0.39, 0.29) is 36.3 Å². The number of hydrogen-bond donors (Lipinski definition) is 5. The van der Waals surface area contributed by atoms with Gasteiger partial charge in [0.2, 0.25) is 5.78 Å². The monoisotopic (exact) mass is 613 g/mol. The lowest BCUT2D eigenvalue weighted by Gasteiger charge is -2.56. The highest BCUT2D eigenvalue weighted by Crippen LogP contribution is 2.59. The molecule has 2 fully saturated rings. The summed E-state index contributed by atoms with van der Waals surface area (Å²) in [6, 6.07) is 1.90. The molecule has 1 aromatic rings. The Labute approximate surface area is 254 Å². The molecule has 0 radical (unpaired) electrons. The number of fused-ring (bicyclic) bond motifs is 3. The highest BCUT2D eigenvalue weighted by molar-refractivity contribution is 6.24. The molecule has 1 saturated heterocycles. The van der Waals surface area contributed by atoms with Crippen LogP contribution in [0.15, 0.2) is 29.0 Å². The van der Waals surface area contributed by atoms with Crippen LogP contribution in [-0.4, -0.2) is 138 Å². The molecule has 5 rings (SSSR count). The van der Waals surface area contributed by atoms with Gasteiger partial charge in [0.15, 0.2) is 11.4 Å². The molecule has 44 heavy (non-hydrogen) atoms. The van der Waals surface area contributed by atoms with Crippen molar-refractivity contribution in [2.75, 3.05) is 72.9 Å². The van der Waals surface area contributed by atoms with Gasteiger partial charge < -0.3 is 40.7 Å². The minimum Gasteiger partial charge on any atom is -0.508 e. The number of ether oxygens (including phenoxy) is 1. The van der Waals surface area contributed by atoms with Crippen LogP contribution in [-0.2, 0) is 25.5 Å². The number of carbonyl (C=O) groups excluding carboxylic acids is 4. The molecule has 3 aliphatic carbocycles. The number of methoxy groups -OCH3 is 1. The summed E-state index contributed by atoms with van der Waals surface area (Å²) < 4.78 is 4.85. The summed E-state index contributed by atoms with van der Waals surface area (Å²) in [6.45, 7) is 1.70. The van der Waals surface area contributed by atoms with Gasteiger partial charge in [0, 0.05) is 69.4 Å². The van der Waals surface area contributed by atoms with Gasteiger partial charge in [-0.3, -0.25) is 24.2 Å². The molecule has 4 atom stereocenters. The lowest BCUT2D eigenvalue weighted by molar-refractivity contribution is -0.158. The smallest absolute Gasteiger partial charge is 0.409 e. The number of anilines is 1. The summed E-state index contributed by atoms with van der Waals surface area (Å²) in [6.07, 6.45) is -0.377. The molecular formula is C30H39N5O9. The predicted octanol–water partition coefficient (Wildman–Crippen LogP) is -0.216. The number of rotatable bonds is 5. The van der Waals surface area contributed by atoms with E-state index in [9.17, 15) is 39.6 Å². The van der Waals surface area contributed by atoms with Gasteiger partial charge in [0.05, 0.1) is 18.7 Å². The van der Waals surface area contributed by atoms with Crippen LogP contribution >= 0.6 is 0 Å². The average Bonchev–Trinajstić information content (AvgIpc) is 2.94. The van der Waals surface area contributed by atoms with Gasteiger partial charge >= 0.3 is 6.09 Å². The Morgan fingerprint density at radius 3 is 2.25 bits per heavy atom. The second kappa shape index (κ2) is 10.8. The fourth-order valence-corrected chi connectivity index (χ4v) is 7.68. The molecule has 4 aliphatic rings. The van der Waals surface area contributed by atoms with Crippen LogP contribution in [0.25, 0.3) is 5.76 Å². The Kier molecular flexibility index (Phi) is 7.67. The summed E-state index contributed by atoms with van der Waals surface area (Å²) in [4.78, 5) is 59.6. The number of nitrogens with two attached hydrogens (primary N) is 1. The highest BCUT2D eigenvalue weighted by atomic mass is 16.5. The fraction of sp³-hybridized carbons (Fsp3) is 0.533. The average molecular weight is 614 g/mol. The first-order chi connectivity index (χ1) is 20.6. The zero-order valence-corrected chi connectivity index (χ0v) is 25.5. The fourth-order valence-electron chi connectivity index (χ4n) is 7.68. The second-order valence-corrected chi connectivity index (χ2v) is 12.5. The molecule has 6 N–H and O–H groups in total. The molecule has 0 unspecified atom stereocenters. The van der Waals surface area contributed by atoms with Crippen LogP contribution in [0.4, 0.5) is 10.5 Å². The van der Waals surface area contributed by atoms with Crippen molar-refractivity contribution >= 4 is 35.0 Å². The number of phenols is 1. The molecule has 1 aromatic carbocycles. The van der Waals surface area contributed by atoms with Crippen molar-refractivity contribution in [3.63, 3.8) is 0 Å². The van der Waals surface area contributed by atoms with Crippen LogP contribution in [0.5, 0.6) is 5.75 Å². The summed E-state index contributed by atoms with van der Waals surface area (Å²) >= 11 is 0. The van der Waals surface area contributed by atoms with E-state index in [0.29, 0.717) is 37.4 Å². The van der Waals surface area contributed by atoms with Crippen molar-refractivity contribution in [1.29, 1.82) is 0 Å². The van der Waals surface area contributed by atoms with Crippen LogP contribution in [0.3, 0.4) is 0 Å². The molecule has 14 nitrogen and oxygen atoms in total. The number of Topliss-reactive ketones (excluding diaryl/α,β-unsaturated/α-hetero) is 2. The van der Waals surface area contributed by atoms with Crippen molar-refractivity contribution in [3.8, 4) is 5.75 Å². The molecule has 2 amide bonds. The number of benzene rings is 1. The third-order valence-electron chi connectivity index (χ3n) is 9.62. The first kappa shape index (κ1) is 31.3. The largest absolute Gasteiger partial charge is 0.508 e. The van der Waals surface area contributed by atoms with E-state index in [0.717, 1.165) is 0 Å². The van der Waals surface area contributed by atoms with E-state index < -0.39 is 63.6 Å². The molecular weight excluding hydrogens is 574 g/mol. The van der Waals surface area contributed by atoms with E-state index in [4.69, 9.17) is 10.5 Å². The number of aromatic hydroxyl groups is 1. The Balaban J connectivity index is 1.73. The summed E-state index contributed by atoms with van der Waals surface area (Å²) in [5.41, 5.74) is 1.70. The van der Waals surface area contributed by atoms with E-state index in [1.807, 2.05) is 23.9 Å². The quantitative estimate of drug-likeness (QED) is 0.274. The number of nitrogens with zero attached hydrogens (tertiary/aromatic N) is 4. The molecule has 1 heterocycles. The predicted molar refractivity (Wildman–Crippen MR) is 158 cm³/mol.